The molecule has 1 aromatic carbocycles. The zero-order valence-electron chi connectivity index (χ0n) is 16.7. The van der Waals surface area contributed by atoms with E-state index < -0.39 is 10.0 Å². The predicted octanol–water partition coefficient (Wildman–Crippen LogP) is 2.61. The maximum atomic E-state index is 12.7. The maximum Gasteiger partial charge on any atom is 0.268 e. The Morgan fingerprint density at radius 1 is 1.24 bits per heavy atom. The quantitative estimate of drug-likeness (QED) is 0.662. The summed E-state index contributed by atoms with van der Waals surface area (Å²) in [6, 6.07) is 9.17. The summed E-state index contributed by atoms with van der Waals surface area (Å²) < 4.78 is 32.6. The number of hydrogen-bond acceptors (Lipinski definition) is 5. The van der Waals surface area contributed by atoms with Crippen molar-refractivity contribution in [2.24, 2.45) is 0 Å². The van der Waals surface area contributed by atoms with Gasteiger partial charge in [-0.1, -0.05) is 24.3 Å². The number of aromatic nitrogens is 1. The molecular formula is C20H27N3O4S2. The number of carbonyl (C=O) groups excluding carboxylic acids is 1. The summed E-state index contributed by atoms with van der Waals surface area (Å²) in [5, 5.41) is 2.85. The normalized spacial score (nSPS) is 15.6. The second-order valence-electron chi connectivity index (χ2n) is 7.08. The van der Waals surface area contributed by atoms with E-state index in [-0.39, 0.29) is 22.6 Å². The molecule has 2 heterocycles. The molecule has 0 atom stereocenters. The summed E-state index contributed by atoms with van der Waals surface area (Å²) in [6.07, 6.45) is 1.51. The fourth-order valence-corrected chi connectivity index (χ4v) is 5.56. The molecule has 0 bridgehead atoms. The molecule has 1 aliphatic rings. The van der Waals surface area contributed by atoms with Crippen LogP contribution in [0.1, 0.15) is 35.5 Å². The lowest BCUT2D eigenvalue weighted by atomic mass is 10.1. The number of aromatic amines is 1. The van der Waals surface area contributed by atoms with Gasteiger partial charge in [0.1, 0.15) is 10.6 Å². The number of H-pyrrole nitrogens is 1. The summed E-state index contributed by atoms with van der Waals surface area (Å²) in [5.41, 5.74) is 2.21. The molecule has 1 saturated heterocycles. The molecular weight excluding hydrogens is 410 g/mol. The third kappa shape index (κ3) is 5.63. The van der Waals surface area contributed by atoms with Crippen LogP contribution in [-0.2, 0) is 27.9 Å². The molecule has 7 nitrogen and oxygen atoms in total. The number of carbonyl (C=O) groups is 1. The number of amides is 1. The zero-order valence-corrected chi connectivity index (χ0v) is 18.3. The van der Waals surface area contributed by atoms with E-state index in [1.54, 1.807) is 11.8 Å². The molecule has 2 aromatic rings. The van der Waals surface area contributed by atoms with Gasteiger partial charge in [-0.25, -0.2) is 8.42 Å². The number of rotatable bonds is 8. The van der Waals surface area contributed by atoms with E-state index in [0.717, 1.165) is 22.6 Å². The van der Waals surface area contributed by atoms with Crippen LogP contribution in [0.5, 0.6) is 0 Å². The van der Waals surface area contributed by atoms with Crippen molar-refractivity contribution >= 4 is 27.7 Å². The molecule has 0 saturated carbocycles. The van der Waals surface area contributed by atoms with Crippen molar-refractivity contribution in [2.45, 2.75) is 38.0 Å². The molecule has 2 N–H and O–H groups in total. The first-order chi connectivity index (χ1) is 13.9. The summed E-state index contributed by atoms with van der Waals surface area (Å²) >= 11 is 1.74. The van der Waals surface area contributed by atoms with Gasteiger partial charge in [0.25, 0.3) is 5.91 Å². The van der Waals surface area contributed by atoms with E-state index in [1.807, 2.05) is 38.1 Å². The Balaban J connectivity index is 1.64. The van der Waals surface area contributed by atoms with Crippen LogP contribution in [0.3, 0.4) is 0 Å². The van der Waals surface area contributed by atoms with Crippen LogP contribution in [0.2, 0.25) is 0 Å². The summed E-state index contributed by atoms with van der Waals surface area (Å²) in [7, 11) is -3.57. The van der Waals surface area contributed by atoms with Gasteiger partial charge in [-0.2, -0.15) is 16.1 Å². The number of nitrogens with zero attached hydrogens (tertiary/aromatic N) is 1. The topological polar surface area (TPSA) is 91.5 Å². The minimum absolute atomic E-state index is 0.121. The molecule has 158 valence electrons. The van der Waals surface area contributed by atoms with Crippen LogP contribution in [-0.4, -0.2) is 54.3 Å². The molecule has 1 aliphatic heterocycles. The minimum atomic E-state index is -3.57. The molecule has 1 fully saturated rings. The Hall–Kier alpha value is -1.81. The van der Waals surface area contributed by atoms with Crippen molar-refractivity contribution in [1.82, 2.24) is 14.6 Å². The Morgan fingerprint density at radius 3 is 2.62 bits per heavy atom. The Kier molecular flexibility index (Phi) is 7.39. The highest BCUT2D eigenvalue weighted by Gasteiger charge is 2.27. The van der Waals surface area contributed by atoms with Crippen molar-refractivity contribution in [3.05, 3.63) is 53.3 Å². The Labute approximate surface area is 176 Å². The molecule has 0 aliphatic carbocycles. The van der Waals surface area contributed by atoms with Crippen molar-refractivity contribution in [3.63, 3.8) is 0 Å². The fraction of sp³-hybridized carbons (Fsp3) is 0.450. The van der Waals surface area contributed by atoms with Crippen LogP contribution in [0.15, 0.2) is 41.4 Å². The first kappa shape index (κ1) is 21.9. The molecule has 1 aromatic heterocycles. The summed E-state index contributed by atoms with van der Waals surface area (Å²) in [6.45, 7) is 5.75. The third-order valence-corrected chi connectivity index (χ3v) is 7.46. The minimum Gasteiger partial charge on any atom is -0.374 e. The Bertz CT molecular complexity index is 935. The molecule has 0 radical (unpaired) electrons. The van der Waals surface area contributed by atoms with Crippen molar-refractivity contribution in [3.8, 4) is 0 Å². The van der Waals surface area contributed by atoms with Crippen LogP contribution < -0.4 is 5.32 Å². The third-order valence-electron chi connectivity index (χ3n) is 4.64. The first-order valence-electron chi connectivity index (χ1n) is 9.61. The van der Waals surface area contributed by atoms with Crippen LogP contribution in [0.4, 0.5) is 0 Å². The van der Waals surface area contributed by atoms with Gasteiger partial charge in [-0.15, -0.1) is 0 Å². The maximum absolute atomic E-state index is 12.7. The number of nitrogens with one attached hydrogen (secondary N) is 2. The standard InChI is InChI=1S/C20H27N3O4S2/c1-15(2)27-14-17-6-4-3-5-16(17)12-22-20(24)19-11-18(13-21-19)29(25,26)23-7-9-28-10-8-23/h3-6,11,13,15,21H,7-10,12,14H2,1-2H3,(H,22,24). The highest BCUT2D eigenvalue weighted by atomic mass is 32.2. The van der Waals surface area contributed by atoms with E-state index in [9.17, 15) is 13.2 Å². The van der Waals surface area contributed by atoms with E-state index in [4.69, 9.17) is 4.74 Å². The second kappa shape index (κ2) is 9.80. The number of sulfonamides is 1. The van der Waals surface area contributed by atoms with Gasteiger partial charge >= 0.3 is 0 Å². The molecule has 0 spiro atoms. The lowest BCUT2D eigenvalue weighted by molar-refractivity contribution is 0.0651. The van der Waals surface area contributed by atoms with Crippen molar-refractivity contribution in [1.29, 1.82) is 0 Å². The smallest absolute Gasteiger partial charge is 0.268 e. The summed E-state index contributed by atoms with van der Waals surface area (Å²) in [4.78, 5) is 15.4. The van der Waals surface area contributed by atoms with Gasteiger partial charge in [-0.3, -0.25) is 4.79 Å². The van der Waals surface area contributed by atoms with E-state index in [0.29, 0.717) is 26.2 Å². The molecule has 9 heteroatoms. The largest absolute Gasteiger partial charge is 0.374 e. The Morgan fingerprint density at radius 2 is 1.93 bits per heavy atom. The van der Waals surface area contributed by atoms with Gasteiger partial charge in [0.05, 0.1) is 12.7 Å². The van der Waals surface area contributed by atoms with E-state index in [2.05, 4.69) is 10.3 Å². The van der Waals surface area contributed by atoms with Crippen molar-refractivity contribution < 1.29 is 17.9 Å². The highest BCUT2D eigenvalue weighted by Crippen LogP contribution is 2.21. The molecule has 0 unspecified atom stereocenters. The van der Waals surface area contributed by atoms with Gasteiger partial charge < -0.3 is 15.0 Å². The number of benzene rings is 1. The van der Waals surface area contributed by atoms with Gasteiger partial charge in [0.2, 0.25) is 10.0 Å². The predicted molar refractivity (Wildman–Crippen MR) is 114 cm³/mol. The van der Waals surface area contributed by atoms with Crippen LogP contribution in [0, 0.1) is 0 Å². The highest BCUT2D eigenvalue weighted by molar-refractivity contribution is 7.99. The zero-order chi connectivity index (χ0) is 20.9. The number of hydrogen-bond donors (Lipinski definition) is 2. The second-order valence-corrected chi connectivity index (χ2v) is 10.2. The van der Waals surface area contributed by atoms with Crippen LogP contribution >= 0.6 is 11.8 Å². The lowest BCUT2D eigenvalue weighted by Crippen LogP contribution is -2.37. The molecule has 3 rings (SSSR count). The summed E-state index contributed by atoms with van der Waals surface area (Å²) in [5.74, 6) is 1.23. The SMILES string of the molecule is CC(C)OCc1ccccc1CNC(=O)c1cc(S(=O)(=O)N2CCSCC2)c[nH]1. The van der Waals surface area contributed by atoms with Gasteiger partial charge in [0, 0.05) is 37.3 Å². The molecule has 1 amide bonds. The van der Waals surface area contributed by atoms with E-state index in [1.165, 1.54) is 16.6 Å². The number of ether oxygens (including phenoxy) is 1. The van der Waals surface area contributed by atoms with Gasteiger partial charge in [0.15, 0.2) is 0 Å². The molecule has 29 heavy (non-hydrogen) atoms. The van der Waals surface area contributed by atoms with Crippen molar-refractivity contribution in [2.75, 3.05) is 24.6 Å². The van der Waals surface area contributed by atoms with Gasteiger partial charge in [-0.05, 0) is 31.0 Å². The monoisotopic (exact) mass is 437 g/mol. The fourth-order valence-electron chi connectivity index (χ4n) is 2.99. The first-order valence-corrected chi connectivity index (χ1v) is 12.2. The lowest BCUT2D eigenvalue weighted by Gasteiger charge is -2.24. The average molecular weight is 438 g/mol. The van der Waals surface area contributed by atoms with E-state index >= 15 is 0 Å². The average Bonchev–Trinajstić information content (AvgIpc) is 3.23. The number of thioether (sulfide) groups is 1. The van der Waals surface area contributed by atoms with Crippen LogP contribution in [0.25, 0.3) is 0 Å².